The summed E-state index contributed by atoms with van der Waals surface area (Å²) in [7, 11) is 0. The summed E-state index contributed by atoms with van der Waals surface area (Å²) >= 11 is 0. The summed E-state index contributed by atoms with van der Waals surface area (Å²) in [5, 5.41) is 7.03. The van der Waals surface area contributed by atoms with Crippen LogP contribution >= 0.6 is 0 Å². The van der Waals surface area contributed by atoms with Crippen LogP contribution in [0.15, 0.2) is 36.9 Å². The average molecular weight is 285 g/mol. The van der Waals surface area contributed by atoms with Crippen molar-refractivity contribution in [1.82, 2.24) is 14.8 Å². The summed E-state index contributed by atoms with van der Waals surface area (Å²) in [6, 6.07) is 7.97. The number of nitrogens with one attached hydrogen (secondary N) is 1. The van der Waals surface area contributed by atoms with E-state index in [1.54, 1.807) is 11.0 Å². The van der Waals surface area contributed by atoms with Gasteiger partial charge in [0, 0.05) is 17.6 Å². The Labute approximate surface area is 123 Å². The van der Waals surface area contributed by atoms with Crippen LogP contribution in [-0.4, -0.2) is 26.7 Å². The van der Waals surface area contributed by atoms with Gasteiger partial charge in [-0.25, -0.2) is 9.67 Å². The van der Waals surface area contributed by atoms with Crippen LogP contribution in [0.4, 0.5) is 5.69 Å². The van der Waals surface area contributed by atoms with E-state index in [1.807, 2.05) is 24.3 Å². The number of hydrogen-bond acceptors (Lipinski definition) is 4. The van der Waals surface area contributed by atoms with Gasteiger partial charge in [-0.2, -0.15) is 5.10 Å². The normalized spacial score (nSPS) is 21.4. The molecule has 0 radical (unpaired) electrons. The highest BCUT2D eigenvalue weighted by atomic mass is 16.1. The van der Waals surface area contributed by atoms with Crippen molar-refractivity contribution in [3.05, 3.63) is 42.5 Å². The number of aromatic nitrogens is 3. The zero-order chi connectivity index (χ0) is 14.7. The molecular weight excluding hydrogens is 266 g/mol. The predicted octanol–water partition coefficient (Wildman–Crippen LogP) is 1.39. The first-order valence-corrected chi connectivity index (χ1v) is 7.18. The van der Waals surface area contributed by atoms with Crippen LogP contribution in [-0.2, 0) is 11.3 Å². The smallest absolute Gasteiger partial charge is 0.227 e. The highest BCUT2D eigenvalue weighted by molar-refractivity contribution is 5.92. The SMILES string of the molecule is NC1CCC(C(=O)Nc2ccc(Cn3cncn3)cc2)C1. The van der Waals surface area contributed by atoms with Crippen molar-refractivity contribution in [2.24, 2.45) is 11.7 Å². The van der Waals surface area contributed by atoms with Crippen LogP contribution in [0.1, 0.15) is 24.8 Å². The maximum atomic E-state index is 12.1. The second-order valence-corrected chi connectivity index (χ2v) is 5.55. The minimum atomic E-state index is 0.0508. The van der Waals surface area contributed by atoms with E-state index in [4.69, 9.17) is 5.73 Å². The summed E-state index contributed by atoms with van der Waals surface area (Å²) in [5.41, 5.74) is 7.78. The quantitative estimate of drug-likeness (QED) is 0.889. The number of hydrogen-bond donors (Lipinski definition) is 2. The van der Waals surface area contributed by atoms with Gasteiger partial charge in [-0.05, 0) is 37.0 Å². The fourth-order valence-corrected chi connectivity index (χ4v) is 2.69. The number of benzene rings is 1. The molecule has 0 aliphatic heterocycles. The fourth-order valence-electron chi connectivity index (χ4n) is 2.69. The molecule has 1 aromatic heterocycles. The molecule has 1 amide bonds. The van der Waals surface area contributed by atoms with Gasteiger partial charge in [0.2, 0.25) is 5.91 Å². The Balaban J connectivity index is 1.58. The van der Waals surface area contributed by atoms with E-state index in [-0.39, 0.29) is 17.9 Å². The largest absolute Gasteiger partial charge is 0.328 e. The molecular formula is C15H19N5O. The van der Waals surface area contributed by atoms with E-state index in [2.05, 4.69) is 15.4 Å². The maximum Gasteiger partial charge on any atom is 0.227 e. The Morgan fingerprint density at radius 3 is 2.76 bits per heavy atom. The van der Waals surface area contributed by atoms with Gasteiger partial charge in [0.25, 0.3) is 0 Å². The average Bonchev–Trinajstić information content (AvgIpc) is 3.12. The van der Waals surface area contributed by atoms with Gasteiger partial charge in [0.1, 0.15) is 12.7 Å². The van der Waals surface area contributed by atoms with Crippen molar-refractivity contribution in [2.45, 2.75) is 31.8 Å². The summed E-state index contributed by atoms with van der Waals surface area (Å²) in [4.78, 5) is 16.0. The number of carbonyl (C=O) groups excluding carboxylic acids is 1. The Bertz CT molecular complexity index is 593. The third-order valence-electron chi connectivity index (χ3n) is 3.88. The van der Waals surface area contributed by atoms with Crippen molar-refractivity contribution in [3.8, 4) is 0 Å². The third kappa shape index (κ3) is 3.46. The predicted molar refractivity (Wildman–Crippen MR) is 79.5 cm³/mol. The molecule has 21 heavy (non-hydrogen) atoms. The van der Waals surface area contributed by atoms with Crippen LogP contribution < -0.4 is 11.1 Å². The Morgan fingerprint density at radius 1 is 1.33 bits per heavy atom. The van der Waals surface area contributed by atoms with Crippen LogP contribution in [0.3, 0.4) is 0 Å². The molecule has 1 aliphatic carbocycles. The Kier molecular flexibility index (Phi) is 3.96. The van der Waals surface area contributed by atoms with E-state index in [0.717, 1.165) is 30.5 Å². The third-order valence-corrected chi connectivity index (χ3v) is 3.88. The van der Waals surface area contributed by atoms with Crippen molar-refractivity contribution in [1.29, 1.82) is 0 Å². The van der Waals surface area contributed by atoms with Gasteiger partial charge in [-0.1, -0.05) is 12.1 Å². The molecule has 0 bridgehead atoms. The standard InChI is InChI=1S/C15H19N5O/c16-13-4-3-12(7-13)15(21)19-14-5-1-11(2-6-14)8-20-10-17-9-18-20/h1-2,5-6,9-10,12-13H,3-4,7-8,16H2,(H,19,21). The zero-order valence-electron chi connectivity index (χ0n) is 11.8. The molecule has 1 aromatic carbocycles. The second-order valence-electron chi connectivity index (χ2n) is 5.55. The molecule has 3 rings (SSSR count). The lowest BCUT2D eigenvalue weighted by atomic mass is 10.1. The topological polar surface area (TPSA) is 85.8 Å². The van der Waals surface area contributed by atoms with E-state index in [1.165, 1.54) is 6.33 Å². The van der Waals surface area contributed by atoms with Crippen LogP contribution in [0, 0.1) is 5.92 Å². The first-order valence-electron chi connectivity index (χ1n) is 7.18. The monoisotopic (exact) mass is 285 g/mol. The Morgan fingerprint density at radius 2 is 2.14 bits per heavy atom. The number of anilines is 1. The molecule has 2 aromatic rings. The fraction of sp³-hybridized carbons (Fsp3) is 0.400. The summed E-state index contributed by atoms with van der Waals surface area (Å²) in [6.45, 7) is 0.672. The van der Waals surface area contributed by atoms with E-state index < -0.39 is 0 Å². The molecule has 0 spiro atoms. The number of carbonyl (C=O) groups is 1. The summed E-state index contributed by atoms with van der Waals surface area (Å²) in [5.74, 6) is 0.127. The molecule has 3 N–H and O–H groups in total. The molecule has 6 heteroatoms. The number of amides is 1. The van der Waals surface area contributed by atoms with Gasteiger partial charge in [0.15, 0.2) is 0 Å². The Hall–Kier alpha value is -2.21. The maximum absolute atomic E-state index is 12.1. The number of nitrogens with zero attached hydrogens (tertiary/aromatic N) is 3. The highest BCUT2D eigenvalue weighted by Crippen LogP contribution is 2.25. The minimum Gasteiger partial charge on any atom is -0.328 e. The summed E-state index contributed by atoms with van der Waals surface area (Å²) < 4.78 is 1.76. The molecule has 2 unspecified atom stereocenters. The molecule has 2 atom stereocenters. The first kappa shape index (κ1) is 13.8. The molecule has 1 saturated carbocycles. The van der Waals surface area contributed by atoms with Crippen molar-refractivity contribution in [3.63, 3.8) is 0 Å². The van der Waals surface area contributed by atoms with E-state index in [0.29, 0.717) is 6.54 Å². The highest BCUT2D eigenvalue weighted by Gasteiger charge is 2.27. The molecule has 0 saturated heterocycles. The van der Waals surface area contributed by atoms with Crippen LogP contribution in [0.5, 0.6) is 0 Å². The zero-order valence-corrected chi connectivity index (χ0v) is 11.8. The minimum absolute atomic E-state index is 0.0508. The van der Waals surface area contributed by atoms with Crippen LogP contribution in [0.25, 0.3) is 0 Å². The first-order chi connectivity index (χ1) is 10.2. The van der Waals surface area contributed by atoms with Gasteiger partial charge in [-0.15, -0.1) is 0 Å². The molecule has 1 aliphatic rings. The van der Waals surface area contributed by atoms with Gasteiger partial charge in [0.05, 0.1) is 6.54 Å². The van der Waals surface area contributed by atoms with Crippen molar-refractivity contribution in [2.75, 3.05) is 5.32 Å². The van der Waals surface area contributed by atoms with Gasteiger partial charge < -0.3 is 11.1 Å². The van der Waals surface area contributed by atoms with E-state index in [9.17, 15) is 4.79 Å². The van der Waals surface area contributed by atoms with Crippen molar-refractivity contribution >= 4 is 11.6 Å². The lowest BCUT2D eigenvalue weighted by molar-refractivity contribution is -0.119. The van der Waals surface area contributed by atoms with Gasteiger partial charge in [-0.3, -0.25) is 4.79 Å². The van der Waals surface area contributed by atoms with Crippen LogP contribution in [0.2, 0.25) is 0 Å². The number of rotatable bonds is 4. The second kappa shape index (κ2) is 6.05. The van der Waals surface area contributed by atoms with E-state index >= 15 is 0 Å². The molecule has 6 nitrogen and oxygen atoms in total. The summed E-state index contributed by atoms with van der Waals surface area (Å²) in [6.07, 6.45) is 5.81. The lowest BCUT2D eigenvalue weighted by Crippen LogP contribution is -2.23. The lowest BCUT2D eigenvalue weighted by Gasteiger charge is -2.11. The molecule has 1 fully saturated rings. The molecule has 1 heterocycles. The molecule has 110 valence electrons. The van der Waals surface area contributed by atoms with Gasteiger partial charge >= 0.3 is 0 Å². The number of nitrogens with two attached hydrogens (primary N) is 1. The van der Waals surface area contributed by atoms with Crippen molar-refractivity contribution < 1.29 is 4.79 Å².